The van der Waals surface area contributed by atoms with Gasteiger partial charge in [0.1, 0.15) is 5.82 Å². The zero-order chi connectivity index (χ0) is 22.7. The quantitative estimate of drug-likeness (QED) is 0.450. The minimum absolute atomic E-state index is 0.216. The number of hydrogen-bond acceptors (Lipinski definition) is 6. The summed E-state index contributed by atoms with van der Waals surface area (Å²) in [5.41, 5.74) is 8.72. The van der Waals surface area contributed by atoms with Crippen molar-refractivity contribution >= 4 is 44.2 Å². The van der Waals surface area contributed by atoms with Gasteiger partial charge in [-0.2, -0.15) is 0 Å². The number of thiazole rings is 1. The maximum Gasteiger partial charge on any atom is 0.321 e. The van der Waals surface area contributed by atoms with Crippen LogP contribution in [0.2, 0.25) is 0 Å². The molecule has 32 heavy (non-hydrogen) atoms. The zero-order valence-electron chi connectivity index (χ0n) is 18.1. The lowest BCUT2D eigenvalue weighted by Gasteiger charge is -2.23. The Balaban J connectivity index is 1.31. The van der Waals surface area contributed by atoms with Crippen LogP contribution in [0, 0.1) is 0 Å². The highest BCUT2D eigenvalue weighted by Gasteiger charge is 2.26. The summed E-state index contributed by atoms with van der Waals surface area (Å²) in [6.07, 6.45) is 2.78. The van der Waals surface area contributed by atoms with Gasteiger partial charge in [0, 0.05) is 47.1 Å². The summed E-state index contributed by atoms with van der Waals surface area (Å²) in [6, 6.07) is 12.1. The van der Waals surface area contributed by atoms with E-state index in [0.29, 0.717) is 11.7 Å². The van der Waals surface area contributed by atoms with Gasteiger partial charge in [0.15, 0.2) is 5.13 Å². The second-order valence-electron chi connectivity index (χ2n) is 8.50. The Morgan fingerprint density at radius 3 is 2.72 bits per heavy atom. The van der Waals surface area contributed by atoms with Gasteiger partial charge in [-0.05, 0) is 35.7 Å². The van der Waals surface area contributed by atoms with Gasteiger partial charge in [-0.15, -0.1) is 11.3 Å². The van der Waals surface area contributed by atoms with E-state index in [0.717, 1.165) is 46.6 Å². The fraction of sp³-hybridized carbons (Fsp3) is 0.348. The van der Waals surface area contributed by atoms with Crippen molar-refractivity contribution in [1.29, 1.82) is 0 Å². The van der Waals surface area contributed by atoms with Crippen LogP contribution in [-0.2, 0) is 12.0 Å². The summed E-state index contributed by atoms with van der Waals surface area (Å²) in [7, 11) is 0. The first-order chi connectivity index (χ1) is 15.3. The number of rotatable bonds is 6. The number of halogens is 1. The number of anilines is 2. The summed E-state index contributed by atoms with van der Waals surface area (Å²) in [5.74, 6) is 0.926. The number of carbonyl (C=O) groups excluding carboxylic acids is 1. The van der Waals surface area contributed by atoms with Crippen LogP contribution < -0.4 is 21.3 Å². The summed E-state index contributed by atoms with van der Waals surface area (Å²) in [5, 5.41) is 8.26. The summed E-state index contributed by atoms with van der Waals surface area (Å²) in [6.45, 7) is 6.41. The Morgan fingerprint density at radius 1 is 1.28 bits per heavy atom. The summed E-state index contributed by atoms with van der Waals surface area (Å²) < 4.78 is 1.04. The molecular formula is C23H27BrN6OS. The van der Waals surface area contributed by atoms with Crippen LogP contribution in [0.15, 0.2) is 52.4 Å². The Labute approximate surface area is 200 Å². The largest absolute Gasteiger partial charge is 0.355 e. The molecule has 3 heterocycles. The molecule has 9 heteroatoms. The van der Waals surface area contributed by atoms with Crippen LogP contribution in [0.3, 0.4) is 0 Å². The monoisotopic (exact) mass is 514 g/mol. The molecule has 0 bridgehead atoms. The molecule has 1 aliphatic heterocycles. The van der Waals surface area contributed by atoms with Crippen molar-refractivity contribution < 1.29 is 4.79 Å². The third kappa shape index (κ3) is 5.28. The molecule has 0 radical (unpaired) electrons. The van der Waals surface area contributed by atoms with E-state index >= 15 is 0 Å². The number of nitrogens with two attached hydrogens (primary N) is 1. The summed E-state index contributed by atoms with van der Waals surface area (Å²) in [4.78, 5) is 23.7. The number of amides is 2. The van der Waals surface area contributed by atoms with Crippen molar-refractivity contribution in [2.75, 3.05) is 23.3 Å². The standard InChI is InChI=1S/C23H27BrN6OS/c1-23(2,16-4-6-17(24)7-5-16)19-14-32-22(28-19)29-21(31)27-12-15-3-8-20(26-11-15)30-10-9-18(25)13-30/h3-8,11,14,18H,9-10,12-13,25H2,1-2H3,(H2,27,28,29,31). The number of aromatic nitrogens is 2. The summed E-state index contributed by atoms with van der Waals surface area (Å²) >= 11 is 4.89. The van der Waals surface area contributed by atoms with E-state index in [9.17, 15) is 4.79 Å². The molecule has 7 nitrogen and oxygen atoms in total. The molecule has 0 spiro atoms. The number of urea groups is 1. The average Bonchev–Trinajstić information content (AvgIpc) is 3.42. The average molecular weight is 515 g/mol. The molecule has 4 rings (SSSR count). The first-order valence-electron chi connectivity index (χ1n) is 10.5. The number of nitrogens with zero attached hydrogens (tertiary/aromatic N) is 3. The first kappa shape index (κ1) is 22.7. The highest BCUT2D eigenvalue weighted by atomic mass is 79.9. The molecule has 2 amide bonds. The van der Waals surface area contributed by atoms with E-state index in [1.54, 1.807) is 6.20 Å². The molecule has 1 aromatic carbocycles. The maximum atomic E-state index is 12.4. The molecule has 2 aromatic heterocycles. The van der Waals surface area contributed by atoms with Crippen molar-refractivity contribution in [3.8, 4) is 0 Å². The van der Waals surface area contributed by atoms with Gasteiger partial charge in [-0.25, -0.2) is 14.8 Å². The van der Waals surface area contributed by atoms with Gasteiger partial charge in [0.05, 0.1) is 5.69 Å². The van der Waals surface area contributed by atoms with E-state index < -0.39 is 0 Å². The third-order valence-electron chi connectivity index (χ3n) is 5.74. The van der Waals surface area contributed by atoms with Crippen molar-refractivity contribution in [1.82, 2.24) is 15.3 Å². The van der Waals surface area contributed by atoms with Gasteiger partial charge in [0.25, 0.3) is 0 Å². The predicted molar refractivity (Wildman–Crippen MR) is 133 cm³/mol. The van der Waals surface area contributed by atoms with Crippen molar-refractivity contribution in [3.05, 3.63) is 69.3 Å². The number of nitrogens with one attached hydrogen (secondary N) is 2. The van der Waals surface area contributed by atoms with Crippen molar-refractivity contribution in [3.63, 3.8) is 0 Å². The Hall–Kier alpha value is -2.49. The SMILES string of the molecule is CC(C)(c1ccc(Br)cc1)c1csc(NC(=O)NCc2ccc(N3CCC(N)C3)nc2)n1. The van der Waals surface area contributed by atoms with E-state index in [2.05, 4.69) is 67.4 Å². The maximum absolute atomic E-state index is 12.4. The molecule has 1 atom stereocenters. The van der Waals surface area contributed by atoms with Gasteiger partial charge < -0.3 is 16.0 Å². The molecule has 4 N–H and O–H groups in total. The van der Waals surface area contributed by atoms with E-state index in [-0.39, 0.29) is 17.5 Å². The molecule has 1 saturated heterocycles. The Kier molecular flexibility index (Phi) is 6.78. The highest BCUT2D eigenvalue weighted by molar-refractivity contribution is 9.10. The zero-order valence-corrected chi connectivity index (χ0v) is 20.5. The van der Waals surface area contributed by atoms with Gasteiger partial charge in [-0.3, -0.25) is 5.32 Å². The Bertz CT molecular complexity index is 1070. The third-order valence-corrected chi connectivity index (χ3v) is 7.03. The molecule has 168 valence electrons. The highest BCUT2D eigenvalue weighted by Crippen LogP contribution is 2.34. The van der Waals surface area contributed by atoms with Crippen LogP contribution in [0.1, 0.15) is 37.1 Å². The van der Waals surface area contributed by atoms with E-state index in [1.807, 2.05) is 29.6 Å². The molecule has 1 unspecified atom stereocenters. The van der Waals surface area contributed by atoms with Gasteiger partial charge >= 0.3 is 6.03 Å². The Morgan fingerprint density at radius 2 is 2.06 bits per heavy atom. The fourth-order valence-corrected chi connectivity index (χ4v) is 4.80. The fourth-order valence-electron chi connectivity index (χ4n) is 3.66. The topological polar surface area (TPSA) is 96.2 Å². The molecule has 3 aromatic rings. The van der Waals surface area contributed by atoms with Crippen LogP contribution in [0.4, 0.5) is 15.7 Å². The second kappa shape index (κ2) is 9.56. The molecule has 1 aliphatic rings. The van der Waals surface area contributed by atoms with Gasteiger partial charge in [-0.1, -0.05) is 48.0 Å². The lowest BCUT2D eigenvalue weighted by Crippen LogP contribution is -2.28. The molecule has 1 fully saturated rings. The first-order valence-corrected chi connectivity index (χ1v) is 12.2. The molecule has 0 saturated carbocycles. The minimum Gasteiger partial charge on any atom is -0.355 e. The van der Waals surface area contributed by atoms with Crippen molar-refractivity contribution in [2.45, 2.75) is 38.3 Å². The van der Waals surface area contributed by atoms with Gasteiger partial charge in [0.2, 0.25) is 0 Å². The lowest BCUT2D eigenvalue weighted by atomic mass is 9.82. The van der Waals surface area contributed by atoms with Crippen LogP contribution in [-0.4, -0.2) is 35.1 Å². The number of carbonyl (C=O) groups is 1. The van der Waals surface area contributed by atoms with Crippen LogP contribution >= 0.6 is 27.3 Å². The minimum atomic E-state index is -0.290. The molecule has 0 aliphatic carbocycles. The molecular weight excluding hydrogens is 488 g/mol. The number of benzene rings is 1. The van der Waals surface area contributed by atoms with E-state index in [4.69, 9.17) is 5.73 Å². The normalized spacial score (nSPS) is 16.2. The lowest BCUT2D eigenvalue weighted by molar-refractivity contribution is 0.251. The van der Waals surface area contributed by atoms with E-state index in [1.165, 1.54) is 11.3 Å². The van der Waals surface area contributed by atoms with Crippen molar-refractivity contribution in [2.24, 2.45) is 5.73 Å². The second-order valence-corrected chi connectivity index (χ2v) is 10.3. The predicted octanol–water partition coefficient (Wildman–Crippen LogP) is 4.49. The number of hydrogen-bond donors (Lipinski definition) is 3. The van der Waals surface area contributed by atoms with Crippen LogP contribution in [0.5, 0.6) is 0 Å². The van der Waals surface area contributed by atoms with Crippen LogP contribution in [0.25, 0.3) is 0 Å². The number of pyridine rings is 1. The smallest absolute Gasteiger partial charge is 0.321 e.